The zero-order valence-corrected chi connectivity index (χ0v) is 25.2. The molecule has 4 aromatic rings. The van der Waals surface area contributed by atoms with Crippen LogP contribution in [0.15, 0.2) is 84.9 Å². The van der Waals surface area contributed by atoms with Crippen molar-refractivity contribution < 1.29 is 41.7 Å². The Kier molecular flexibility index (Phi) is 10.8. The van der Waals surface area contributed by atoms with E-state index in [1.807, 2.05) is 61.5 Å². The fourth-order valence-electron chi connectivity index (χ4n) is 4.62. The summed E-state index contributed by atoms with van der Waals surface area (Å²) in [7, 11) is 1.84. The molecule has 0 aliphatic rings. The summed E-state index contributed by atoms with van der Waals surface area (Å²) in [6, 6.07) is 23.7. The van der Waals surface area contributed by atoms with Gasteiger partial charge in [-0.3, -0.25) is 0 Å². The number of ether oxygens (including phenoxy) is 4. The molecule has 0 bridgehead atoms. The van der Waals surface area contributed by atoms with E-state index in [4.69, 9.17) is 23.9 Å². The van der Waals surface area contributed by atoms with Gasteiger partial charge in [0.1, 0.15) is 17.4 Å². The number of halogens is 3. The summed E-state index contributed by atoms with van der Waals surface area (Å²) >= 11 is 1.61. The first-order valence-corrected chi connectivity index (χ1v) is 14.6. The third-order valence-electron chi connectivity index (χ3n) is 7.03. The summed E-state index contributed by atoms with van der Waals surface area (Å²) in [6.07, 6.45) is -5.99. The first kappa shape index (κ1) is 32.7. The van der Waals surface area contributed by atoms with Crippen molar-refractivity contribution in [2.24, 2.45) is 0 Å². The van der Waals surface area contributed by atoms with Crippen LogP contribution in [0, 0.1) is 6.92 Å². The lowest BCUT2D eigenvalue weighted by molar-refractivity contribution is -0.278. The Balaban J connectivity index is 1.35. The molecule has 0 radical (unpaired) electrons. The van der Waals surface area contributed by atoms with Crippen molar-refractivity contribution >= 4 is 23.3 Å². The number of hydrogen-bond acceptors (Lipinski definition) is 8. The van der Waals surface area contributed by atoms with Gasteiger partial charge in [0.2, 0.25) is 0 Å². The molecule has 4 rings (SSSR count). The molecule has 11 heteroatoms. The van der Waals surface area contributed by atoms with E-state index in [1.165, 1.54) is 18.2 Å². The van der Waals surface area contributed by atoms with Crippen molar-refractivity contribution in [3.05, 3.63) is 107 Å². The molecule has 0 aliphatic carbocycles. The molecule has 1 aromatic heterocycles. The van der Waals surface area contributed by atoms with Crippen LogP contribution in [0.25, 0.3) is 10.6 Å². The fourth-order valence-corrected chi connectivity index (χ4v) is 5.54. The van der Waals surface area contributed by atoms with Gasteiger partial charge in [0.25, 0.3) is 5.60 Å². The van der Waals surface area contributed by atoms with Crippen molar-refractivity contribution in [3.63, 3.8) is 0 Å². The Morgan fingerprint density at radius 2 is 1.55 bits per heavy atom. The first-order chi connectivity index (χ1) is 21.1. The third-order valence-corrected chi connectivity index (χ3v) is 8.09. The molecule has 7 nitrogen and oxygen atoms in total. The van der Waals surface area contributed by atoms with E-state index >= 15 is 0 Å². The highest BCUT2D eigenvalue weighted by atomic mass is 32.1. The minimum Gasteiger partial charge on any atom is -0.487 e. The second kappa shape index (κ2) is 14.5. The quantitative estimate of drug-likeness (QED) is 0.145. The molecule has 0 spiro atoms. The van der Waals surface area contributed by atoms with E-state index in [2.05, 4.69) is 0 Å². The molecule has 44 heavy (non-hydrogen) atoms. The number of aromatic nitrogens is 1. The van der Waals surface area contributed by atoms with Crippen molar-refractivity contribution in [1.82, 2.24) is 4.98 Å². The summed E-state index contributed by atoms with van der Waals surface area (Å²) in [5, 5.41) is 0.930. The van der Waals surface area contributed by atoms with Gasteiger partial charge in [-0.25, -0.2) is 14.6 Å². The number of rotatable bonds is 13. The predicted molar refractivity (Wildman–Crippen MR) is 159 cm³/mol. The maximum Gasteiger partial charge on any atom is 0.432 e. The number of hydrogen-bond donors (Lipinski definition) is 0. The lowest BCUT2D eigenvalue weighted by Crippen LogP contribution is -2.53. The lowest BCUT2D eigenvalue weighted by atomic mass is 9.92. The van der Waals surface area contributed by atoms with Crippen molar-refractivity contribution in [3.8, 4) is 16.3 Å². The normalized spacial score (nSPS) is 13.5. The highest BCUT2D eigenvalue weighted by molar-refractivity contribution is 7.15. The summed E-state index contributed by atoms with van der Waals surface area (Å²) in [6.45, 7) is 2.31. The second-order valence-electron chi connectivity index (χ2n) is 9.88. The Morgan fingerprint density at radius 3 is 2.14 bits per heavy atom. The van der Waals surface area contributed by atoms with Gasteiger partial charge < -0.3 is 18.9 Å². The van der Waals surface area contributed by atoms with E-state index < -0.39 is 35.4 Å². The number of thiazole rings is 1. The maximum absolute atomic E-state index is 14.2. The summed E-state index contributed by atoms with van der Waals surface area (Å²) in [5.74, 6) is -2.07. The number of aryl methyl sites for hydroxylation is 2. The van der Waals surface area contributed by atoms with Crippen LogP contribution in [-0.2, 0) is 42.4 Å². The van der Waals surface area contributed by atoms with Crippen molar-refractivity contribution in [1.29, 1.82) is 0 Å². The van der Waals surface area contributed by atoms with Gasteiger partial charge in [0.15, 0.2) is 6.10 Å². The molecule has 0 unspecified atom stereocenters. The van der Waals surface area contributed by atoms with Crippen LogP contribution in [-0.4, -0.2) is 43.4 Å². The molecule has 0 saturated heterocycles. The lowest BCUT2D eigenvalue weighted by Gasteiger charge is -2.33. The SMILES string of the molecule is COC(=O)[C@@H](CCCc1ccc(OCc2nc(-c3ccccc3)sc2C)cc1)OC(=O)[C@](OC)(c1ccccc1)C(F)(F)F. The molecule has 0 saturated carbocycles. The predicted octanol–water partition coefficient (Wildman–Crippen LogP) is 7.21. The van der Waals surface area contributed by atoms with Crippen molar-refractivity contribution in [2.75, 3.05) is 14.2 Å². The molecule has 232 valence electrons. The minimum absolute atomic E-state index is 0.0596. The van der Waals surface area contributed by atoms with Crippen LogP contribution >= 0.6 is 11.3 Å². The van der Waals surface area contributed by atoms with Crippen LogP contribution in [0.2, 0.25) is 0 Å². The minimum atomic E-state index is -5.16. The van der Waals surface area contributed by atoms with Crippen LogP contribution in [0.5, 0.6) is 5.75 Å². The molecular weight excluding hydrogens is 595 g/mol. The van der Waals surface area contributed by atoms with E-state index in [-0.39, 0.29) is 6.42 Å². The Hall–Kier alpha value is -4.22. The summed E-state index contributed by atoms with van der Waals surface area (Å²) in [5.41, 5.74) is -1.07. The highest BCUT2D eigenvalue weighted by Gasteiger charge is 2.64. The Labute approximate surface area is 257 Å². The average Bonchev–Trinajstić information content (AvgIpc) is 3.40. The smallest absolute Gasteiger partial charge is 0.432 e. The van der Waals surface area contributed by atoms with E-state index in [9.17, 15) is 22.8 Å². The van der Waals surface area contributed by atoms with Crippen LogP contribution in [0.4, 0.5) is 13.2 Å². The monoisotopic (exact) mass is 627 g/mol. The van der Waals surface area contributed by atoms with Gasteiger partial charge in [0.05, 0.1) is 12.8 Å². The molecule has 2 atom stereocenters. The number of alkyl halides is 3. The van der Waals surface area contributed by atoms with Gasteiger partial charge in [-0.15, -0.1) is 11.3 Å². The number of methoxy groups -OCH3 is 2. The number of nitrogens with zero attached hydrogens (tertiary/aromatic N) is 1. The topological polar surface area (TPSA) is 84.0 Å². The number of carbonyl (C=O) groups is 2. The number of esters is 2. The largest absolute Gasteiger partial charge is 0.487 e. The standard InChI is InChI=1S/C33H32F3NO6S/c1-22-27(37-29(44-22)24-12-6-4-7-13-24)21-42-26-19-17-23(18-20-26)11-10-16-28(30(38)40-2)43-31(39)32(41-3,33(34,35)36)25-14-8-5-9-15-25/h4-9,12-15,17-20,28H,10-11,16,21H2,1-3H3/t28-,32-/m1/s1. The Morgan fingerprint density at radius 1 is 0.909 bits per heavy atom. The molecule has 3 aromatic carbocycles. The van der Waals surface area contributed by atoms with E-state index in [1.54, 1.807) is 11.3 Å². The van der Waals surface area contributed by atoms with Gasteiger partial charge in [-0.2, -0.15) is 13.2 Å². The van der Waals surface area contributed by atoms with Gasteiger partial charge in [0, 0.05) is 23.1 Å². The molecule has 0 aliphatic heterocycles. The van der Waals surface area contributed by atoms with Crippen LogP contribution in [0.3, 0.4) is 0 Å². The second-order valence-corrected chi connectivity index (χ2v) is 11.1. The van der Waals surface area contributed by atoms with Crippen LogP contribution in [0.1, 0.15) is 34.5 Å². The summed E-state index contributed by atoms with van der Waals surface area (Å²) in [4.78, 5) is 31.2. The van der Waals surface area contributed by atoms with Crippen molar-refractivity contribution in [2.45, 2.75) is 50.7 Å². The Bertz CT molecular complexity index is 1530. The molecule has 1 heterocycles. The highest BCUT2D eigenvalue weighted by Crippen LogP contribution is 2.43. The molecule has 0 N–H and O–H groups in total. The first-order valence-electron chi connectivity index (χ1n) is 13.8. The number of carbonyl (C=O) groups excluding carboxylic acids is 2. The fraction of sp³-hybridized carbons (Fsp3) is 0.303. The van der Waals surface area contributed by atoms with E-state index in [0.29, 0.717) is 25.2 Å². The molecule has 0 fully saturated rings. The third kappa shape index (κ3) is 7.46. The van der Waals surface area contributed by atoms with Gasteiger partial charge in [-0.1, -0.05) is 72.8 Å². The molecular formula is C33H32F3NO6S. The zero-order chi connectivity index (χ0) is 31.7. The zero-order valence-electron chi connectivity index (χ0n) is 24.4. The van der Waals surface area contributed by atoms with Gasteiger partial charge >= 0.3 is 18.1 Å². The van der Waals surface area contributed by atoms with E-state index in [0.717, 1.165) is 53.1 Å². The number of benzene rings is 3. The molecule has 0 amide bonds. The maximum atomic E-state index is 14.2. The van der Waals surface area contributed by atoms with Gasteiger partial charge in [-0.05, 0) is 43.9 Å². The van der Waals surface area contributed by atoms with Crippen LogP contribution < -0.4 is 4.74 Å². The summed E-state index contributed by atoms with van der Waals surface area (Å²) < 4.78 is 63.2. The average molecular weight is 628 g/mol.